The highest BCUT2D eigenvalue weighted by Gasteiger charge is 2.13. The van der Waals surface area contributed by atoms with E-state index in [1.165, 1.54) is 23.3 Å². The number of hydrogen-bond donors (Lipinski definition) is 0. The summed E-state index contributed by atoms with van der Waals surface area (Å²) < 4.78 is 4.37. The standard InChI is InChI=1S/C15H13Cl2N3S2/c1-20(2)6-5-14-12(8-18)15(19-22-14)21-9-10-3-4-11(16)7-13(10)17/h3-7H,9H2,1-2H3. The average Bonchev–Trinajstić information content (AvgIpc) is 2.86. The van der Waals surface area contributed by atoms with Crippen LogP contribution in [0.2, 0.25) is 10.0 Å². The maximum Gasteiger partial charge on any atom is 0.129 e. The fourth-order valence-electron chi connectivity index (χ4n) is 1.60. The molecule has 3 nitrogen and oxygen atoms in total. The molecule has 0 amide bonds. The van der Waals surface area contributed by atoms with Crippen molar-refractivity contribution in [2.45, 2.75) is 10.8 Å². The van der Waals surface area contributed by atoms with E-state index in [-0.39, 0.29) is 0 Å². The van der Waals surface area contributed by atoms with Crippen LogP contribution < -0.4 is 0 Å². The van der Waals surface area contributed by atoms with E-state index in [4.69, 9.17) is 23.2 Å². The van der Waals surface area contributed by atoms with Crippen molar-refractivity contribution in [2.75, 3.05) is 14.1 Å². The van der Waals surface area contributed by atoms with Gasteiger partial charge in [0.05, 0.1) is 4.88 Å². The molecule has 22 heavy (non-hydrogen) atoms. The van der Waals surface area contributed by atoms with Crippen molar-refractivity contribution in [3.63, 3.8) is 0 Å². The minimum Gasteiger partial charge on any atom is -0.383 e. The molecule has 0 unspecified atom stereocenters. The van der Waals surface area contributed by atoms with Crippen molar-refractivity contribution in [1.29, 1.82) is 5.26 Å². The molecule has 0 N–H and O–H groups in total. The second-order valence-electron chi connectivity index (χ2n) is 4.64. The molecule has 1 aromatic heterocycles. The summed E-state index contributed by atoms with van der Waals surface area (Å²) in [5.41, 5.74) is 1.58. The molecule has 0 aliphatic heterocycles. The summed E-state index contributed by atoms with van der Waals surface area (Å²) in [6.45, 7) is 0. The molecule has 7 heteroatoms. The molecule has 0 fully saturated rings. The van der Waals surface area contributed by atoms with Gasteiger partial charge in [-0.15, -0.1) is 0 Å². The molecule has 0 bridgehead atoms. The molecule has 1 aromatic carbocycles. The summed E-state index contributed by atoms with van der Waals surface area (Å²) >= 11 is 14.9. The summed E-state index contributed by atoms with van der Waals surface area (Å²) in [5, 5.41) is 11.3. The van der Waals surface area contributed by atoms with Gasteiger partial charge in [-0.25, -0.2) is 0 Å². The predicted molar refractivity (Wildman–Crippen MR) is 95.6 cm³/mol. The highest BCUT2D eigenvalue weighted by atomic mass is 35.5. The Bertz CT molecular complexity index is 733. The van der Waals surface area contributed by atoms with E-state index in [1.54, 1.807) is 12.1 Å². The number of benzene rings is 1. The number of thioether (sulfide) groups is 1. The SMILES string of the molecule is CN(C)C=Cc1snc(SCc2ccc(Cl)cc2Cl)c1C#N. The van der Waals surface area contributed by atoms with E-state index < -0.39 is 0 Å². The van der Waals surface area contributed by atoms with Crippen molar-refractivity contribution >= 4 is 52.6 Å². The zero-order valence-corrected chi connectivity index (χ0v) is 15.2. The summed E-state index contributed by atoms with van der Waals surface area (Å²) in [4.78, 5) is 2.78. The predicted octanol–water partition coefficient (Wildman–Crippen LogP) is 5.15. The normalized spacial score (nSPS) is 10.9. The maximum atomic E-state index is 9.35. The van der Waals surface area contributed by atoms with Gasteiger partial charge in [0.1, 0.15) is 16.7 Å². The molecule has 1 heterocycles. The summed E-state index contributed by atoms with van der Waals surface area (Å²) in [7, 11) is 3.86. The molecule has 2 aromatic rings. The van der Waals surface area contributed by atoms with Crippen molar-refractivity contribution < 1.29 is 0 Å². The molecule has 114 valence electrons. The van der Waals surface area contributed by atoms with Crippen molar-refractivity contribution in [3.05, 3.63) is 50.4 Å². The first kappa shape index (κ1) is 17.2. The van der Waals surface area contributed by atoms with E-state index in [0.29, 0.717) is 21.4 Å². The summed E-state index contributed by atoms with van der Waals surface area (Å²) in [6, 6.07) is 7.65. The van der Waals surface area contributed by atoms with Crippen LogP contribution >= 0.6 is 46.5 Å². The Morgan fingerprint density at radius 3 is 2.82 bits per heavy atom. The molecule has 0 aliphatic rings. The minimum absolute atomic E-state index is 0.609. The first-order chi connectivity index (χ1) is 10.5. The van der Waals surface area contributed by atoms with Gasteiger partial charge >= 0.3 is 0 Å². The average molecular weight is 370 g/mol. The van der Waals surface area contributed by atoms with Crippen LogP contribution in [0.25, 0.3) is 6.08 Å². The molecule has 0 radical (unpaired) electrons. The van der Waals surface area contributed by atoms with Crippen LogP contribution in [0.5, 0.6) is 0 Å². The van der Waals surface area contributed by atoms with Gasteiger partial charge in [-0.2, -0.15) is 9.64 Å². The minimum atomic E-state index is 0.609. The molecule has 0 saturated carbocycles. The smallest absolute Gasteiger partial charge is 0.129 e. The quantitative estimate of drug-likeness (QED) is 0.683. The first-order valence-electron chi connectivity index (χ1n) is 6.32. The number of halogens is 2. The summed E-state index contributed by atoms with van der Waals surface area (Å²) in [5.74, 6) is 0.644. The molecule has 0 spiro atoms. The van der Waals surface area contributed by atoms with Crippen LogP contribution in [0.15, 0.2) is 29.4 Å². The number of nitriles is 1. The largest absolute Gasteiger partial charge is 0.383 e. The van der Waals surface area contributed by atoms with E-state index in [2.05, 4.69) is 10.4 Å². The van der Waals surface area contributed by atoms with Gasteiger partial charge < -0.3 is 4.90 Å². The zero-order valence-electron chi connectivity index (χ0n) is 12.0. The highest BCUT2D eigenvalue weighted by molar-refractivity contribution is 7.98. The monoisotopic (exact) mass is 369 g/mol. The number of hydrogen-bond acceptors (Lipinski definition) is 5. The Hall–Kier alpha value is -1.19. The van der Waals surface area contributed by atoms with Crippen LogP contribution in [0, 0.1) is 11.3 Å². The van der Waals surface area contributed by atoms with Gasteiger partial charge in [0.2, 0.25) is 0 Å². The highest BCUT2D eigenvalue weighted by Crippen LogP contribution is 2.32. The van der Waals surface area contributed by atoms with Gasteiger partial charge in [-0.3, -0.25) is 0 Å². The molecule has 0 aliphatic carbocycles. The van der Waals surface area contributed by atoms with Crippen LogP contribution in [0.3, 0.4) is 0 Å². The Morgan fingerprint density at radius 1 is 1.41 bits per heavy atom. The van der Waals surface area contributed by atoms with Gasteiger partial charge in [0.15, 0.2) is 0 Å². The van der Waals surface area contributed by atoms with Crippen molar-refractivity contribution in [1.82, 2.24) is 9.27 Å². The maximum absolute atomic E-state index is 9.35. The van der Waals surface area contributed by atoms with E-state index in [9.17, 15) is 5.26 Å². The molecular weight excluding hydrogens is 357 g/mol. The lowest BCUT2D eigenvalue weighted by Gasteiger charge is -2.03. The first-order valence-corrected chi connectivity index (χ1v) is 8.84. The van der Waals surface area contributed by atoms with Gasteiger partial charge in [-0.1, -0.05) is 41.0 Å². The van der Waals surface area contributed by atoms with Gasteiger partial charge in [-0.05, 0) is 35.3 Å². The molecule has 0 atom stereocenters. The lowest BCUT2D eigenvalue weighted by molar-refractivity contribution is 0.567. The number of nitrogens with zero attached hydrogens (tertiary/aromatic N) is 3. The second-order valence-corrected chi connectivity index (χ2v) is 7.26. The Kier molecular flexibility index (Phi) is 6.16. The van der Waals surface area contributed by atoms with Crippen LogP contribution in [-0.4, -0.2) is 23.4 Å². The third kappa shape index (κ3) is 4.40. The Morgan fingerprint density at radius 2 is 2.18 bits per heavy atom. The summed E-state index contributed by atoms with van der Waals surface area (Å²) in [6.07, 6.45) is 3.80. The van der Waals surface area contributed by atoms with E-state index in [1.807, 2.05) is 37.3 Å². The van der Waals surface area contributed by atoms with E-state index in [0.717, 1.165) is 15.5 Å². The third-order valence-electron chi connectivity index (χ3n) is 2.70. The fraction of sp³-hybridized carbons (Fsp3) is 0.200. The Balaban J connectivity index is 2.15. The molecule has 0 saturated heterocycles. The van der Waals surface area contributed by atoms with Gasteiger partial charge in [0, 0.05) is 36.1 Å². The number of rotatable bonds is 5. The molecular formula is C15H13Cl2N3S2. The lowest BCUT2D eigenvalue weighted by atomic mass is 10.2. The fourth-order valence-corrected chi connectivity index (χ4v) is 4.02. The molecule has 2 rings (SSSR count). The van der Waals surface area contributed by atoms with Crippen LogP contribution in [-0.2, 0) is 5.75 Å². The van der Waals surface area contributed by atoms with Crippen LogP contribution in [0.1, 0.15) is 16.0 Å². The second kappa shape index (κ2) is 7.89. The number of aromatic nitrogens is 1. The lowest BCUT2D eigenvalue weighted by Crippen LogP contribution is -1.99. The third-order valence-corrected chi connectivity index (χ3v) is 5.24. The van der Waals surface area contributed by atoms with Crippen LogP contribution in [0.4, 0.5) is 0 Å². The zero-order chi connectivity index (χ0) is 16.1. The van der Waals surface area contributed by atoms with E-state index >= 15 is 0 Å². The topological polar surface area (TPSA) is 39.9 Å². The van der Waals surface area contributed by atoms with Gasteiger partial charge in [0.25, 0.3) is 0 Å². The Labute approximate surface area is 148 Å². The van der Waals surface area contributed by atoms with Crippen molar-refractivity contribution in [2.24, 2.45) is 0 Å². The van der Waals surface area contributed by atoms with Crippen molar-refractivity contribution in [3.8, 4) is 6.07 Å².